The van der Waals surface area contributed by atoms with Gasteiger partial charge in [0.1, 0.15) is 6.04 Å². The molecule has 5 heteroatoms. The van der Waals surface area contributed by atoms with Crippen molar-refractivity contribution < 1.29 is 9.59 Å². The number of hydrogen-bond acceptors (Lipinski definition) is 2. The average molecular weight is 199 g/mol. The molecule has 1 saturated carbocycles. The van der Waals surface area contributed by atoms with E-state index in [1.54, 1.807) is 6.92 Å². The molecule has 1 unspecified atom stereocenters. The number of urea groups is 1. The number of nitrogens with one attached hydrogen (secondary N) is 3. The Hall–Kier alpha value is -1.26. The molecule has 1 aliphatic carbocycles. The standard InChI is InChI=1S/C9H17N3O2/c1-3-10-8(13)6(2)11-9(14)12-7-4-5-7/h6-7H,3-5H2,1-2H3,(H,10,13)(H2,11,12,14). The van der Waals surface area contributed by atoms with E-state index in [0.29, 0.717) is 12.6 Å². The number of amides is 3. The van der Waals surface area contributed by atoms with Gasteiger partial charge in [-0.05, 0) is 26.7 Å². The van der Waals surface area contributed by atoms with E-state index in [1.807, 2.05) is 6.92 Å². The molecule has 14 heavy (non-hydrogen) atoms. The van der Waals surface area contributed by atoms with Crippen molar-refractivity contribution in [3.8, 4) is 0 Å². The summed E-state index contributed by atoms with van der Waals surface area (Å²) in [4.78, 5) is 22.4. The molecule has 80 valence electrons. The zero-order chi connectivity index (χ0) is 10.6. The van der Waals surface area contributed by atoms with Gasteiger partial charge in [0.05, 0.1) is 0 Å². The van der Waals surface area contributed by atoms with Gasteiger partial charge in [0, 0.05) is 12.6 Å². The zero-order valence-corrected chi connectivity index (χ0v) is 8.59. The number of carbonyl (C=O) groups excluding carboxylic acids is 2. The van der Waals surface area contributed by atoms with Gasteiger partial charge in [0.15, 0.2) is 0 Å². The van der Waals surface area contributed by atoms with Crippen LogP contribution in [0.5, 0.6) is 0 Å². The fraction of sp³-hybridized carbons (Fsp3) is 0.778. The Bertz CT molecular complexity index is 226. The van der Waals surface area contributed by atoms with Crippen molar-refractivity contribution in [1.82, 2.24) is 16.0 Å². The summed E-state index contributed by atoms with van der Waals surface area (Å²) < 4.78 is 0. The van der Waals surface area contributed by atoms with Crippen LogP contribution in [-0.2, 0) is 4.79 Å². The van der Waals surface area contributed by atoms with Crippen LogP contribution in [-0.4, -0.2) is 30.6 Å². The molecule has 1 aliphatic rings. The molecule has 1 rings (SSSR count). The van der Waals surface area contributed by atoms with E-state index < -0.39 is 6.04 Å². The molecule has 0 bridgehead atoms. The lowest BCUT2D eigenvalue weighted by molar-refractivity contribution is -0.122. The molecular formula is C9H17N3O2. The molecule has 0 aliphatic heterocycles. The molecule has 1 atom stereocenters. The SMILES string of the molecule is CCNC(=O)C(C)NC(=O)NC1CC1. The summed E-state index contributed by atoms with van der Waals surface area (Å²) in [5.41, 5.74) is 0. The van der Waals surface area contributed by atoms with Crippen molar-refractivity contribution in [3.63, 3.8) is 0 Å². The molecule has 0 radical (unpaired) electrons. The van der Waals surface area contributed by atoms with Gasteiger partial charge in [-0.25, -0.2) is 4.79 Å². The topological polar surface area (TPSA) is 70.2 Å². The lowest BCUT2D eigenvalue weighted by Crippen LogP contribution is -2.48. The van der Waals surface area contributed by atoms with Crippen molar-refractivity contribution in [2.45, 2.75) is 38.8 Å². The largest absolute Gasteiger partial charge is 0.355 e. The highest BCUT2D eigenvalue weighted by Gasteiger charge is 2.24. The van der Waals surface area contributed by atoms with E-state index in [9.17, 15) is 9.59 Å². The van der Waals surface area contributed by atoms with E-state index in [1.165, 1.54) is 0 Å². The Balaban J connectivity index is 2.20. The summed E-state index contributed by atoms with van der Waals surface area (Å²) in [6.45, 7) is 4.08. The van der Waals surface area contributed by atoms with Crippen molar-refractivity contribution >= 4 is 11.9 Å². The third-order valence-electron chi connectivity index (χ3n) is 2.00. The predicted octanol–water partition coefficient (Wildman–Crippen LogP) is -0.0274. The lowest BCUT2D eigenvalue weighted by Gasteiger charge is -2.13. The van der Waals surface area contributed by atoms with E-state index in [0.717, 1.165) is 12.8 Å². The van der Waals surface area contributed by atoms with Crippen molar-refractivity contribution in [1.29, 1.82) is 0 Å². The molecule has 0 heterocycles. The molecule has 0 spiro atoms. The fourth-order valence-electron chi connectivity index (χ4n) is 1.04. The first-order chi connectivity index (χ1) is 6.63. The minimum Gasteiger partial charge on any atom is -0.355 e. The van der Waals surface area contributed by atoms with Gasteiger partial charge >= 0.3 is 6.03 Å². The third kappa shape index (κ3) is 3.64. The van der Waals surface area contributed by atoms with Gasteiger partial charge < -0.3 is 16.0 Å². The summed E-state index contributed by atoms with van der Waals surface area (Å²) in [6.07, 6.45) is 2.09. The smallest absolute Gasteiger partial charge is 0.315 e. The number of hydrogen-bond donors (Lipinski definition) is 3. The minimum atomic E-state index is -0.478. The Morgan fingerprint density at radius 1 is 1.43 bits per heavy atom. The van der Waals surface area contributed by atoms with Crippen LogP contribution in [0.4, 0.5) is 4.79 Å². The van der Waals surface area contributed by atoms with Gasteiger partial charge in [-0.3, -0.25) is 4.79 Å². The molecule has 0 aromatic heterocycles. The molecule has 0 saturated heterocycles. The minimum absolute atomic E-state index is 0.154. The first-order valence-corrected chi connectivity index (χ1v) is 4.98. The normalized spacial score (nSPS) is 17.0. The Morgan fingerprint density at radius 2 is 2.07 bits per heavy atom. The first kappa shape index (κ1) is 10.8. The first-order valence-electron chi connectivity index (χ1n) is 4.98. The van der Waals surface area contributed by atoms with Crippen molar-refractivity contribution in [3.05, 3.63) is 0 Å². The van der Waals surface area contributed by atoms with Crippen LogP contribution in [0.15, 0.2) is 0 Å². The Labute approximate surface area is 83.6 Å². The Morgan fingerprint density at radius 3 is 2.57 bits per heavy atom. The summed E-state index contributed by atoms with van der Waals surface area (Å²) in [6, 6.07) is -0.420. The quantitative estimate of drug-likeness (QED) is 0.595. The summed E-state index contributed by atoms with van der Waals surface area (Å²) in [7, 11) is 0. The second kappa shape index (κ2) is 4.83. The van der Waals surface area contributed by atoms with E-state index in [2.05, 4.69) is 16.0 Å². The van der Waals surface area contributed by atoms with Crippen LogP contribution < -0.4 is 16.0 Å². The number of carbonyl (C=O) groups is 2. The van der Waals surface area contributed by atoms with Gasteiger partial charge in [-0.15, -0.1) is 0 Å². The van der Waals surface area contributed by atoms with E-state index in [4.69, 9.17) is 0 Å². The van der Waals surface area contributed by atoms with Crippen molar-refractivity contribution in [2.75, 3.05) is 6.54 Å². The maximum absolute atomic E-state index is 11.2. The highest BCUT2D eigenvalue weighted by molar-refractivity contribution is 5.86. The maximum Gasteiger partial charge on any atom is 0.315 e. The Kier molecular flexibility index (Phi) is 3.73. The van der Waals surface area contributed by atoms with Crippen LogP contribution in [0.3, 0.4) is 0 Å². The lowest BCUT2D eigenvalue weighted by atomic mass is 10.3. The van der Waals surface area contributed by atoms with Crippen LogP contribution >= 0.6 is 0 Å². The molecule has 0 aromatic rings. The monoisotopic (exact) mass is 199 g/mol. The maximum atomic E-state index is 11.2. The van der Waals surface area contributed by atoms with E-state index in [-0.39, 0.29) is 11.9 Å². The molecule has 1 fully saturated rings. The number of rotatable bonds is 4. The fourth-order valence-corrected chi connectivity index (χ4v) is 1.04. The van der Waals surface area contributed by atoms with Gasteiger partial charge in [-0.1, -0.05) is 0 Å². The predicted molar refractivity (Wildman–Crippen MR) is 52.8 cm³/mol. The molecular weight excluding hydrogens is 182 g/mol. The van der Waals surface area contributed by atoms with Crippen LogP contribution in [0.25, 0.3) is 0 Å². The van der Waals surface area contributed by atoms with Gasteiger partial charge in [0.2, 0.25) is 5.91 Å². The van der Waals surface area contributed by atoms with E-state index >= 15 is 0 Å². The van der Waals surface area contributed by atoms with Gasteiger partial charge in [-0.2, -0.15) is 0 Å². The molecule has 0 aromatic carbocycles. The van der Waals surface area contributed by atoms with Crippen molar-refractivity contribution in [2.24, 2.45) is 0 Å². The van der Waals surface area contributed by atoms with Crippen LogP contribution in [0.2, 0.25) is 0 Å². The molecule has 3 amide bonds. The molecule has 3 N–H and O–H groups in total. The second-order valence-corrected chi connectivity index (χ2v) is 3.51. The zero-order valence-electron chi connectivity index (χ0n) is 8.59. The van der Waals surface area contributed by atoms with Crippen LogP contribution in [0, 0.1) is 0 Å². The third-order valence-corrected chi connectivity index (χ3v) is 2.00. The second-order valence-electron chi connectivity index (χ2n) is 3.51. The summed E-state index contributed by atoms with van der Waals surface area (Å²) >= 11 is 0. The highest BCUT2D eigenvalue weighted by atomic mass is 16.2. The van der Waals surface area contributed by atoms with Gasteiger partial charge in [0.25, 0.3) is 0 Å². The summed E-state index contributed by atoms with van der Waals surface area (Å²) in [5.74, 6) is -0.154. The number of likely N-dealkylation sites (N-methyl/N-ethyl adjacent to an activating group) is 1. The average Bonchev–Trinajstić information content (AvgIpc) is 2.88. The highest BCUT2D eigenvalue weighted by Crippen LogP contribution is 2.18. The summed E-state index contributed by atoms with van der Waals surface area (Å²) in [5, 5.41) is 7.96. The molecule has 5 nitrogen and oxygen atoms in total. The van der Waals surface area contributed by atoms with Crippen LogP contribution in [0.1, 0.15) is 26.7 Å².